The van der Waals surface area contributed by atoms with Gasteiger partial charge in [0.15, 0.2) is 0 Å². The molecule has 1 heterocycles. The Morgan fingerprint density at radius 3 is 3.00 bits per heavy atom. The zero-order valence-electron chi connectivity index (χ0n) is 8.69. The van der Waals surface area contributed by atoms with E-state index in [9.17, 15) is 0 Å². The van der Waals surface area contributed by atoms with Crippen LogP contribution in [0.5, 0.6) is 0 Å². The third-order valence-electron chi connectivity index (χ3n) is 3.08. The van der Waals surface area contributed by atoms with Crippen molar-refractivity contribution < 1.29 is 5.11 Å². The number of aliphatic hydroxyl groups is 1. The molecular weight excluding hydrogens is 176 g/mol. The molecule has 3 nitrogen and oxygen atoms in total. The normalized spacial score (nSPS) is 18.4. The molecule has 3 heteroatoms. The van der Waals surface area contributed by atoms with Crippen LogP contribution in [-0.2, 0) is 6.61 Å². The van der Waals surface area contributed by atoms with Crippen LogP contribution < -0.4 is 0 Å². The predicted octanol–water partition coefficient (Wildman–Crippen LogP) is 2.13. The standard InChI is InChI=1S/C11H18N2O/c1-2-10(5-9-3-4-9)13-8-12-6-11(13)7-14/h6,8-10,14H,2-5,7H2,1H3. The molecule has 1 aromatic heterocycles. The molecule has 1 atom stereocenters. The molecule has 2 rings (SSSR count). The van der Waals surface area contributed by atoms with Crippen LogP contribution >= 0.6 is 0 Å². The van der Waals surface area contributed by atoms with Gasteiger partial charge in [0, 0.05) is 6.04 Å². The lowest BCUT2D eigenvalue weighted by molar-refractivity contribution is 0.262. The Labute approximate surface area is 84.8 Å². The lowest BCUT2D eigenvalue weighted by Gasteiger charge is -2.18. The van der Waals surface area contributed by atoms with Crippen LogP contribution in [0.2, 0.25) is 0 Å². The molecule has 0 amide bonds. The molecule has 1 N–H and O–H groups in total. The summed E-state index contributed by atoms with van der Waals surface area (Å²) in [5.41, 5.74) is 0.942. The third kappa shape index (κ3) is 1.98. The maximum Gasteiger partial charge on any atom is 0.0951 e. The molecule has 0 aromatic carbocycles. The van der Waals surface area contributed by atoms with E-state index in [4.69, 9.17) is 5.11 Å². The largest absolute Gasteiger partial charge is 0.390 e. The number of aliphatic hydroxyl groups excluding tert-OH is 1. The van der Waals surface area contributed by atoms with Crippen molar-refractivity contribution in [3.8, 4) is 0 Å². The average Bonchev–Trinajstić information content (AvgIpc) is 2.90. The van der Waals surface area contributed by atoms with Gasteiger partial charge in [-0.1, -0.05) is 19.8 Å². The van der Waals surface area contributed by atoms with Crippen molar-refractivity contribution >= 4 is 0 Å². The molecule has 0 radical (unpaired) electrons. The summed E-state index contributed by atoms with van der Waals surface area (Å²) in [5.74, 6) is 0.925. The molecule has 0 saturated heterocycles. The van der Waals surface area contributed by atoms with E-state index in [1.807, 2.05) is 6.33 Å². The van der Waals surface area contributed by atoms with Gasteiger partial charge in [-0.25, -0.2) is 4.98 Å². The predicted molar refractivity (Wildman–Crippen MR) is 54.8 cm³/mol. The van der Waals surface area contributed by atoms with Crippen LogP contribution in [0.4, 0.5) is 0 Å². The second kappa shape index (κ2) is 4.13. The van der Waals surface area contributed by atoms with Gasteiger partial charge < -0.3 is 9.67 Å². The van der Waals surface area contributed by atoms with Crippen molar-refractivity contribution in [1.29, 1.82) is 0 Å². The summed E-state index contributed by atoms with van der Waals surface area (Å²) < 4.78 is 2.14. The molecule has 0 aliphatic heterocycles. The number of hydrogen-bond acceptors (Lipinski definition) is 2. The zero-order chi connectivity index (χ0) is 9.97. The second-order valence-corrected chi connectivity index (χ2v) is 4.19. The SMILES string of the molecule is CCC(CC1CC1)n1cncc1CO. The highest BCUT2D eigenvalue weighted by molar-refractivity contribution is 4.99. The van der Waals surface area contributed by atoms with E-state index in [-0.39, 0.29) is 6.61 Å². The molecule has 1 fully saturated rings. The smallest absolute Gasteiger partial charge is 0.0951 e. The first kappa shape index (κ1) is 9.71. The van der Waals surface area contributed by atoms with E-state index in [0.29, 0.717) is 6.04 Å². The first-order valence-corrected chi connectivity index (χ1v) is 5.46. The molecule has 0 bridgehead atoms. The minimum atomic E-state index is 0.0984. The molecule has 1 aromatic rings. The van der Waals surface area contributed by atoms with Crippen molar-refractivity contribution in [2.24, 2.45) is 5.92 Å². The molecule has 0 spiro atoms. The molecule has 14 heavy (non-hydrogen) atoms. The van der Waals surface area contributed by atoms with Crippen LogP contribution in [0.25, 0.3) is 0 Å². The van der Waals surface area contributed by atoms with E-state index in [1.165, 1.54) is 19.3 Å². The number of hydrogen-bond donors (Lipinski definition) is 1. The summed E-state index contributed by atoms with van der Waals surface area (Å²) in [6.45, 7) is 2.30. The van der Waals surface area contributed by atoms with Gasteiger partial charge in [-0.15, -0.1) is 0 Å². The first-order chi connectivity index (χ1) is 6.85. The monoisotopic (exact) mass is 194 g/mol. The fraction of sp³-hybridized carbons (Fsp3) is 0.727. The number of rotatable bonds is 5. The Bertz CT molecular complexity index is 291. The lowest BCUT2D eigenvalue weighted by Crippen LogP contribution is -2.11. The quantitative estimate of drug-likeness (QED) is 0.779. The summed E-state index contributed by atoms with van der Waals surface area (Å²) in [6.07, 6.45) is 8.76. The summed E-state index contributed by atoms with van der Waals surface area (Å²) in [4.78, 5) is 4.09. The van der Waals surface area contributed by atoms with Gasteiger partial charge in [-0.3, -0.25) is 0 Å². The van der Waals surface area contributed by atoms with Crippen molar-refractivity contribution in [3.63, 3.8) is 0 Å². The molecule has 78 valence electrons. The molecule has 1 aliphatic rings. The van der Waals surface area contributed by atoms with E-state index < -0.39 is 0 Å². The number of imidazole rings is 1. The topological polar surface area (TPSA) is 38.0 Å². The van der Waals surface area contributed by atoms with Crippen molar-refractivity contribution in [3.05, 3.63) is 18.2 Å². The fourth-order valence-corrected chi connectivity index (χ4v) is 2.00. The van der Waals surface area contributed by atoms with E-state index in [0.717, 1.165) is 18.0 Å². The third-order valence-corrected chi connectivity index (χ3v) is 3.08. The Kier molecular flexibility index (Phi) is 2.87. The lowest BCUT2D eigenvalue weighted by atomic mass is 10.1. The highest BCUT2D eigenvalue weighted by Gasteiger charge is 2.26. The second-order valence-electron chi connectivity index (χ2n) is 4.19. The van der Waals surface area contributed by atoms with Gasteiger partial charge in [0.25, 0.3) is 0 Å². The van der Waals surface area contributed by atoms with Gasteiger partial charge in [0.05, 0.1) is 24.8 Å². The van der Waals surface area contributed by atoms with E-state index in [2.05, 4.69) is 16.5 Å². The maximum atomic E-state index is 9.14. The minimum Gasteiger partial charge on any atom is -0.390 e. The van der Waals surface area contributed by atoms with Gasteiger partial charge in [0.1, 0.15) is 0 Å². The van der Waals surface area contributed by atoms with Gasteiger partial charge in [0.2, 0.25) is 0 Å². The Morgan fingerprint density at radius 1 is 1.64 bits per heavy atom. The van der Waals surface area contributed by atoms with Crippen molar-refractivity contribution in [1.82, 2.24) is 9.55 Å². The van der Waals surface area contributed by atoms with Gasteiger partial charge in [-0.05, 0) is 18.8 Å². The van der Waals surface area contributed by atoms with Crippen molar-refractivity contribution in [2.45, 2.75) is 45.3 Å². The van der Waals surface area contributed by atoms with Crippen LogP contribution in [0, 0.1) is 5.92 Å². The molecule has 1 saturated carbocycles. The molecular formula is C11H18N2O. The summed E-state index contributed by atoms with van der Waals surface area (Å²) >= 11 is 0. The highest BCUT2D eigenvalue weighted by atomic mass is 16.3. The summed E-state index contributed by atoms with van der Waals surface area (Å²) in [7, 11) is 0. The van der Waals surface area contributed by atoms with Crippen LogP contribution in [-0.4, -0.2) is 14.7 Å². The zero-order valence-corrected chi connectivity index (χ0v) is 8.69. The number of nitrogens with zero attached hydrogens (tertiary/aromatic N) is 2. The summed E-state index contributed by atoms with van der Waals surface area (Å²) in [5, 5.41) is 9.14. The van der Waals surface area contributed by atoms with Crippen LogP contribution in [0.1, 0.15) is 44.3 Å². The fourth-order valence-electron chi connectivity index (χ4n) is 2.00. The van der Waals surface area contributed by atoms with Gasteiger partial charge in [-0.2, -0.15) is 0 Å². The highest BCUT2D eigenvalue weighted by Crippen LogP contribution is 2.38. The Hall–Kier alpha value is -0.830. The van der Waals surface area contributed by atoms with Crippen LogP contribution in [0.15, 0.2) is 12.5 Å². The summed E-state index contributed by atoms with van der Waals surface area (Å²) in [6, 6.07) is 0.534. The Balaban J connectivity index is 2.08. The van der Waals surface area contributed by atoms with E-state index >= 15 is 0 Å². The van der Waals surface area contributed by atoms with Crippen LogP contribution in [0.3, 0.4) is 0 Å². The number of aromatic nitrogens is 2. The minimum absolute atomic E-state index is 0.0984. The molecule has 1 unspecified atom stereocenters. The average molecular weight is 194 g/mol. The molecule has 1 aliphatic carbocycles. The Morgan fingerprint density at radius 2 is 2.43 bits per heavy atom. The maximum absolute atomic E-state index is 9.14. The van der Waals surface area contributed by atoms with E-state index in [1.54, 1.807) is 6.20 Å². The first-order valence-electron chi connectivity index (χ1n) is 5.46. The van der Waals surface area contributed by atoms with Crippen molar-refractivity contribution in [2.75, 3.05) is 0 Å². The van der Waals surface area contributed by atoms with Gasteiger partial charge >= 0.3 is 0 Å².